The summed E-state index contributed by atoms with van der Waals surface area (Å²) in [7, 11) is 0. The molecule has 0 aliphatic rings. The molecule has 0 rings (SSSR count). The molecule has 0 aromatic carbocycles. The Bertz CT molecular complexity index is 198. The van der Waals surface area contributed by atoms with Gasteiger partial charge in [0.1, 0.15) is 0 Å². The summed E-state index contributed by atoms with van der Waals surface area (Å²) in [5, 5.41) is 0. The summed E-state index contributed by atoms with van der Waals surface area (Å²) in [6.45, 7) is 7.73. The Morgan fingerprint density at radius 1 is 1.00 bits per heavy atom. The summed E-state index contributed by atoms with van der Waals surface area (Å²) in [5.41, 5.74) is 0.516. The third kappa shape index (κ3) is 6.22. The number of ether oxygens (including phenoxy) is 2. The average molecular weight is 200 g/mol. The molecule has 80 valence electrons. The molecule has 0 aliphatic heterocycles. The van der Waals surface area contributed by atoms with Crippen LogP contribution < -0.4 is 0 Å². The minimum atomic E-state index is -0.359. The van der Waals surface area contributed by atoms with E-state index in [1.807, 2.05) is 0 Å². The van der Waals surface area contributed by atoms with Gasteiger partial charge in [0.25, 0.3) is 0 Å². The molecule has 0 radical (unpaired) electrons. The predicted octanol–water partition coefficient (Wildman–Crippen LogP) is 1.45. The lowest BCUT2D eigenvalue weighted by molar-refractivity contribution is -0.143. The highest BCUT2D eigenvalue weighted by Gasteiger charge is 2.09. The van der Waals surface area contributed by atoms with Gasteiger partial charge >= 0.3 is 11.9 Å². The average Bonchev–Trinajstić information content (AvgIpc) is 2.03. The van der Waals surface area contributed by atoms with Crippen molar-refractivity contribution < 1.29 is 19.1 Å². The van der Waals surface area contributed by atoms with Crippen molar-refractivity contribution in [3.63, 3.8) is 0 Å². The van der Waals surface area contributed by atoms with Crippen molar-refractivity contribution in [1.82, 2.24) is 0 Å². The third-order valence-electron chi connectivity index (χ3n) is 1.40. The van der Waals surface area contributed by atoms with Crippen LogP contribution in [-0.2, 0) is 19.1 Å². The fourth-order valence-electron chi connectivity index (χ4n) is 0.895. The Morgan fingerprint density at radius 3 is 1.64 bits per heavy atom. The smallest absolute Gasteiger partial charge is 0.309 e. The Kier molecular flexibility index (Phi) is 6.45. The lowest BCUT2D eigenvalue weighted by atomic mass is 10.1. The molecule has 0 spiro atoms. The van der Waals surface area contributed by atoms with E-state index >= 15 is 0 Å². The molecule has 0 saturated carbocycles. The van der Waals surface area contributed by atoms with Crippen molar-refractivity contribution in [2.45, 2.75) is 26.7 Å². The second-order valence-corrected chi connectivity index (χ2v) is 2.71. The summed E-state index contributed by atoms with van der Waals surface area (Å²) in [6, 6.07) is 0. The summed E-state index contributed by atoms with van der Waals surface area (Å²) in [6.07, 6.45) is 0.152. The van der Waals surface area contributed by atoms with Gasteiger partial charge in [-0.2, -0.15) is 0 Å². The quantitative estimate of drug-likeness (QED) is 0.481. The van der Waals surface area contributed by atoms with Crippen molar-refractivity contribution in [3.05, 3.63) is 12.2 Å². The van der Waals surface area contributed by atoms with E-state index in [2.05, 4.69) is 6.58 Å². The SMILES string of the molecule is C=C(CC(=O)OCC)CC(=O)OCC. The molecule has 0 aromatic rings. The predicted molar refractivity (Wildman–Crippen MR) is 51.6 cm³/mol. The van der Waals surface area contributed by atoms with Crippen molar-refractivity contribution in [1.29, 1.82) is 0 Å². The van der Waals surface area contributed by atoms with Crippen molar-refractivity contribution in [2.75, 3.05) is 13.2 Å². The molecule has 0 atom stereocenters. The molecule has 0 amide bonds. The first-order valence-corrected chi connectivity index (χ1v) is 4.58. The van der Waals surface area contributed by atoms with E-state index in [1.165, 1.54) is 0 Å². The van der Waals surface area contributed by atoms with Crippen LogP contribution in [0.15, 0.2) is 12.2 Å². The van der Waals surface area contributed by atoms with E-state index in [4.69, 9.17) is 9.47 Å². The molecular formula is C10H16O4. The van der Waals surface area contributed by atoms with E-state index in [0.29, 0.717) is 18.8 Å². The Labute approximate surface area is 83.9 Å². The fraction of sp³-hybridized carbons (Fsp3) is 0.600. The molecule has 0 fully saturated rings. The number of hydrogen-bond donors (Lipinski definition) is 0. The molecule has 0 aromatic heterocycles. The second kappa shape index (κ2) is 7.12. The van der Waals surface area contributed by atoms with Crippen LogP contribution in [0.1, 0.15) is 26.7 Å². The van der Waals surface area contributed by atoms with Crippen molar-refractivity contribution in [3.8, 4) is 0 Å². The first-order chi connectivity index (χ1) is 6.60. The lowest BCUT2D eigenvalue weighted by Crippen LogP contribution is -2.09. The Morgan fingerprint density at radius 2 is 1.36 bits per heavy atom. The second-order valence-electron chi connectivity index (χ2n) is 2.71. The molecule has 0 bridgehead atoms. The van der Waals surface area contributed by atoms with E-state index in [9.17, 15) is 9.59 Å². The van der Waals surface area contributed by atoms with Gasteiger partial charge < -0.3 is 9.47 Å². The summed E-state index contributed by atoms with van der Waals surface area (Å²) < 4.78 is 9.40. The Hall–Kier alpha value is -1.32. The van der Waals surface area contributed by atoms with Crippen LogP contribution in [0.25, 0.3) is 0 Å². The molecule has 0 aliphatic carbocycles. The fourth-order valence-corrected chi connectivity index (χ4v) is 0.895. The zero-order chi connectivity index (χ0) is 11.0. The van der Waals surface area contributed by atoms with Gasteiger partial charge in [-0.25, -0.2) is 0 Å². The van der Waals surface area contributed by atoms with Gasteiger partial charge in [-0.15, -0.1) is 0 Å². The maximum Gasteiger partial charge on any atom is 0.309 e. The van der Waals surface area contributed by atoms with Gasteiger partial charge in [-0.3, -0.25) is 9.59 Å². The summed E-state index contributed by atoms with van der Waals surface area (Å²) >= 11 is 0. The number of carbonyl (C=O) groups is 2. The van der Waals surface area contributed by atoms with Crippen molar-refractivity contribution in [2.24, 2.45) is 0 Å². The van der Waals surface area contributed by atoms with E-state index in [1.54, 1.807) is 13.8 Å². The zero-order valence-corrected chi connectivity index (χ0v) is 8.67. The maximum atomic E-state index is 11.0. The molecule has 14 heavy (non-hydrogen) atoms. The summed E-state index contributed by atoms with van der Waals surface area (Å²) in [4.78, 5) is 21.9. The minimum Gasteiger partial charge on any atom is -0.466 e. The number of hydrogen-bond acceptors (Lipinski definition) is 4. The number of carbonyl (C=O) groups excluding carboxylic acids is 2. The van der Waals surface area contributed by atoms with Crippen LogP contribution in [0, 0.1) is 0 Å². The van der Waals surface area contributed by atoms with E-state index in [0.717, 1.165) is 0 Å². The Balaban J connectivity index is 3.75. The van der Waals surface area contributed by atoms with Crippen LogP contribution in [0.2, 0.25) is 0 Å². The molecule has 0 saturated heterocycles. The maximum absolute atomic E-state index is 11.0. The molecule has 0 unspecified atom stereocenters. The monoisotopic (exact) mass is 200 g/mol. The number of rotatable bonds is 6. The highest BCUT2D eigenvalue weighted by molar-refractivity contribution is 5.77. The number of esters is 2. The van der Waals surface area contributed by atoms with E-state index in [-0.39, 0.29) is 24.8 Å². The van der Waals surface area contributed by atoms with Gasteiger partial charge in [0, 0.05) is 0 Å². The van der Waals surface area contributed by atoms with Crippen LogP contribution in [-0.4, -0.2) is 25.2 Å². The van der Waals surface area contributed by atoms with Crippen LogP contribution in [0.4, 0.5) is 0 Å². The normalized spacial score (nSPS) is 9.29. The third-order valence-corrected chi connectivity index (χ3v) is 1.40. The van der Waals surface area contributed by atoms with Crippen LogP contribution >= 0.6 is 0 Å². The minimum absolute atomic E-state index is 0.0760. The largest absolute Gasteiger partial charge is 0.466 e. The van der Waals surface area contributed by atoms with Crippen LogP contribution in [0.3, 0.4) is 0 Å². The molecule has 0 N–H and O–H groups in total. The first kappa shape index (κ1) is 12.7. The van der Waals surface area contributed by atoms with Gasteiger partial charge in [0.15, 0.2) is 0 Å². The molecule has 4 heteroatoms. The lowest BCUT2D eigenvalue weighted by Gasteiger charge is -2.04. The molecular weight excluding hydrogens is 184 g/mol. The van der Waals surface area contributed by atoms with Crippen LogP contribution in [0.5, 0.6) is 0 Å². The van der Waals surface area contributed by atoms with Gasteiger partial charge in [0.05, 0.1) is 26.1 Å². The first-order valence-electron chi connectivity index (χ1n) is 4.58. The van der Waals surface area contributed by atoms with E-state index < -0.39 is 0 Å². The molecule has 0 heterocycles. The van der Waals surface area contributed by atoms with Crippen molar-refractivity contribution >= 4 is 11.9 Å². The highest BCUT2D eigenvalue weighted by Crippen LogP contribution is 2.06. The van der Waals surface area contributed by atoms with Gasteiger partial charge in [0.2, 0.25) is 0 Å². The standard InChI is InChI=1S/C10H16O4/c1-4-13-9(11)6-8(3)7-10(12)14-5-2/h3-7H2,1-2H3. The molecule has 4 nitrogen and oxygen atoms in total. The zero-order valence-electron chi connectivity index (χ0n) is 8.67. The topological polar surface area (TPSA) is 52.6 Å². The van der Waals surface area contributed by atoms with Gasteiger partial charge in [-0.05, 0) is 13.8 Å². The summed E-state index contributed by atoms with van der Waals surface area (Å²) in [5.74, 6) is -0.719. The van der Waals surface area contributed by atoms with Gasteiger partial charge in [-0.1, -0.05) is 12.2 Å². The highest BCUT2D eigenvalue weighted by atomic mass is 16.5.